The summed E-state index contributed by atoms with van der Waals surface area (Å²) in [5, 5.41) is 9.32. The Kier molecular flexibility index (Phi) is 5.07. The zero-order chi connectivity index (χ0) is 15.6. The van der Waals surface area contributed by atoms with E-state index in [4.69, 9.17) is 0 Å². The van der Waals surface area contributed by atoms with Gasteiger partial charge in [-0.1, -0.05) is 31.2 Å². The molecule has 1 aromatic rings. The minimum absolute atomic E-state index is 0.230. The second-order valence-electron chi connectivity index (χ2n) is 4.50. The lowest BCUT2D eigenvalue weighted by molar-refractivity contribution is -0.305. The van der Waals surface area contributed by atoms with Crippen LogP contribution < -0.4 is 0 Å². The fourth-order valence-electron chi connectivity index (χ4n) is 1.89. The Morgan fingerprint density at radius 3 is 1.65 bits per heavy atom. The monoisotopic (exact) mass is 300 g/mol. The van der Waals surface area contributed by atoms with Crippen molar-refractivity contribution in [1.29, 1.82) is 0 Å². The highest BCUT2D eigenvalue weighted by Gasteiger charge is 2.59. The number of halogens is 6. The van der Waals surface area contributed by atoms with Gasteiger partial charge < -0.3 is 5.11 Å². The molecule has 0 fully saturated rings. The van der Waals surface area contributed by atoms with Crippen molar-refractivity contribution in [3.05, 3.63) is 35.4 Å². The van der Waals surface area contributed by atoms with Gasteiger partial charge in [-0.25, -0.2) is 0 Å². The quantitative estimate of drug-likeness (QED) is 0.836. The Bertz CT molecular complexity index is 406. The van der Waals surface area contributed by atoms with Crippen LogP contribution in [0, 0.1) is 5.92 Å². The molecule has 1 unspecified atom stereocenters. The third kappa shape index (κ3) is 4.40. The summed E-state index contributed by atoms with van der Waals surface area (Å²) in [5.41, 5.74) is 1.14. The first-order valence-electron chi connectivity index (χ1n) is 5.95. The Hall–Kier alpha value is -1.24. The lowest BCUT2D eigenvalue weighted by Gasteiger charge is -2.27. The van der Waals surface area contributed by atoms with Gasteiger partial charge in [-0.2, -0.15) is 26.3 Å². The lowest BCUT2D eigenvalue weighted by atomic mass is 9.94. The highest BCUT2D eigenvalue weighted by molar-refractivity contribution is 5.23. The van der Waals surface area contributed by atoms with Gasteiger partial charge in [-0.05, 0) is 24.0 Å². The van der Waals surface area contributed by atoms with Crippen molar-refractivity contribution in [3.63, 3.8) is 0 Å². The molecule has 0 aliphatic rings. The van der Waals surface area contributed by atoms with Gasteiger partial charge in [0.1, 0.15) is 0 Å². The van der Waals surface area contributed by atoms with Crippen LogP contribution in [0.2, 0.25) is 0 Å². The van der Waals surface area contributed by atoms with E-state index < -0.39 is 30.8 Å². The van der Waals surface area contributed by atoms with Gasteiger partial charge >= 0.3 is 12.4 Å². The molecule has 0 heterocycles. The molecule has 0 aromatic heterocycles. The smallest absolute Gasteiger partial charge is 0.392 e. The number of alkyl halides is 6. The maximum Gasteiger partial charge on any atom is 0.403 e. The Balaban J connectivity index is 2.88. The fourth-order valence-corrected chi connectivity index (χ4v) is 1.89. The molecule has 0 spiro atoms. The van der Waals surface area contributed by atoms with E-state index >= 15 is 0 Å². The zero-order valence-electron chi connectivity index (χ0n) is 10.6. The molecule has 0 amide bonds. The third-order valence-electron chi connectivity index (χ3n) is 2.97. The number of aliphatic hydroxyl groups is 1. The molecule has 0 saturated heterocycles. The first-order valence-corrected chi connectivity index (χ1v) is 5.95. The lowest BCUT2D eigenvalue weighted by Crippen LogP contribution is -2.45. The summed E-state index contributed by atoms with van der Waals surface area (Å²) < 4.78 is 74.4. The summed E-state index contributed by atoms with van der Waals surface area (Å²) in [6.45, 7) is 1.87. The third-order valence-corrected chi connectivity index (χ3v) is 2.97. The van der Waals surface area contributed by atoms with E-state index in [-0.39, 0.29) is 5.56 Å². The molecule has 1 nitrogen and oxygen atoms in total. The molecule has 0 bridgehead atoms. The van der Waals surface area contributed by atoms with Crippen LogP contribution in [-0.4, -0.2) is 23.6 Å². The largest absolute Gasteiger partial charge is 0.403 e. The fraction of sp³-hybridized carbons (Fsp3) is 0.538. The predicted molar refractivity (Wildman–Crippen MR) is 61.1 cm³/mol. The summed E-state index contributed by atoms with van der Waals surface area (Å²) in [6, 6.07) is 6.06. The molecule has 0 radical (unpaired) electrons. The number of hydrogen-bond acceptors (Lipinski definition) is 1. The summed E-state index contributed by atoms with van der Waals surface area (Å²) in [4.78, 5) is 0. The molecule has 20 heavy (non-hydrogen) atoms. The summed E-state index contributed by atoms with van der Waals surface area (Å²) >= 11 is 0. The zero-order valence-corrected chi connectivity index (χ0v) is 10.6. The second kappa shape index (κ2) is 6.03. The van der Waals surface area contributed by atoms with Crippen LogP contribution in [0.5, 0.6) is 0 Å². The average Bonchev–Trinajstić information content (AvgIpc) is 2.25. The number of hydrogen-bond donors (Lipinski definition) is 1. The highest BCUT2D eigenvalue weighted by Crippen LogP contribution is 2.42. The summed E-state index contributed by atoms with van der Waals surface area (Å²) in [7, 11) is 0. The van der Waals surface area contributed by atoms with Crippen LogP contribution in [0.3, 0.4) is 0 Å². The molecule has 0 aliphatic heterocycles. The van der Waals surface area contributed by atoms with E-state index in [2.05, 4.69) is 0 Å². The van der Waals surface area contributed by atoms with Crippen LogP contribution in [0.1, 0.15) is 18.1 Å². The van der Waals surface area contributed by atoms with Crippen LogP contribution >= 0.6 is 0 Å². The van der Waals surface area contributed by atoms with E-state index in [0.29, 0.717) is 6.42 Å². The molecule has 1 N–H and O–H groups in total. The number of rotatable bonds is 4. The van der Waals surface area contributed by atoms with Gasteiger partial charge in [0.2, 0.25) is 0 Å². The van der Waals surface area contributed by atoms with E-state index in [1.807, 2.05) is 6.92 Å². The minimum atomic E-state index is -5.53. The van der Waals surface area contributed by atoms with Crippen LogP contribution in [0.4, 0.5) is 26.3 Å². The van der Waals surface area contributed by atoms with E-state index in [1.54, 1.807) is 12.1 Å². The van der Waals surface area contributed by atoms with E-state index in [0.717, 1.165) is 5.56 Å². The van der Waals surface area contributed by atoms with Crippen molar-refractivity contribution in [1.82, 2.24) is 0 Å². The number of aryl methyl sites for hydroxylation is 1. The van der Waals surface area contributed by atoms with Gasteiger partial charge in [0.05, 0.1) is 6.10 Å². The Morgan fingerprint density at radius 2 is 1.30 bits per heavy atom. The van der Waals surface area contributed by atoms with Gasteiger partial charge in [0.25, 0.3) is 0 Å². The van der Waals surface area contributed by atoms with Crippen LogP contribution in [0.15, 0.2) is 24.3 Å². The Labute approximate surface area is 112 Å². The maximum absolute atomic E-state index is 12.4. The van der Waals surface area contributed by atoms with Crippen LogP contribution in [0.25, 0.3) is 0 Å². The predicted octanol–water partition coefficient (Wildman–Crippen LogP) is 3.89. The maximum atomic E-state index is 12.4. The number of benzene rings is 1. The molecule has 1 aromatic carbocycles. The molecule has 0 saturated carbocycles. The van der Waals surface area contributed by atoms with Crippen molar-refractivity contribution in [2.75, 3.05) is 0 Å². The van der Waals surface area contributed by atoms with Gasteiger partial charge in [-0.15, -0.1) is 0 Å². The molecular formula is C13H14F6O. The molecule has 1 atom stereocenters. The SMILES string of the molecule is CCc1ccc(CC(O)C(C(F)(F)F)C(F)(F)F)cc1. The molecule has 1 rings (SSSR count). The van der Waals surface area contributed by atoms with Crippen LogP contribution in [-0.2, 0) is 12.8 Å². The first-order chi connectivity index (χ1) is 9.05. The molecule has 0 aliphatic carbocycles. The average molecular weight is 300 g/mol. The highest BCUT2D eigenvalue weighted by atomic mass is 19.4. The second-order valence-corrected chi connectivity index (χ2v) is 4.50. The van der Waals surface area contributed by atoms with Crippen molar-refractivity contribution in [3.8, 4) is 0 Å². The topological polar surface area (TPSA) is 20.2 Å². The molecule has 7 heteroatoms. The standard InChI is InChI=1S/C13H14F6O/c1-2-8-3-5-9(6-4-8)7-10(20)11(12(14,15)16)13(17,18)19/h3-6,10-11,20H,2,7H2,1H3. The summed E-state index contributed by atoms with van der Waals surface area (Å²) in [5.74, 6) is -3.74. The van der Waals surface area contributed by atoms with Gasteiger partial charge in [0.15, 0.2) is 5.92 Å². The Morgan fingerprint density at radius 1 is 0.900 bits per heavy atom. The van der Waals surface area contributed by atoms with Crippen molar-refractivity contribution >= 4 is 0 Å². The van der Waals surface area contributed by atoms with E-state index in [9.17, 15) is 31.4 Å². The van der Waals surface area contributed by atoms with Crippen molar-refractivity contribution in [2.45, 2.75) is 38.2 Å². The molecule has 114 valence electrons. The van der Waals surface area contributed by atoms with Crippen molar-refractivity contribution in [2.24, 2.45) is 5.92 Å². The molecular weight excluding hydrogens is 286 g/mol. The normalized spacial score (nSPS) is 14.7. The number of aliphatic hydroxyl groups excluding tert-OH is 1. The van der Waals surface area contributed by atoms with E-state index in [1.165, 1.54) is 12.1 Å². The minimum Gasteiger partial charge on any atom is -0.392 e. The first kappa shape index (κ1) is 16.8. The van der Waals surface area contributed by atoms with Gasteiger partial charge in [0, 0.05) is 0 Å². The summed E-state index contributed by atoms with van der Waals surface area (Å²) in [6.07, 6.45) is -13.6. The van der Waals surface area contributed by atoms with Crippen molar-refractivity contribution < 1.29 is 31.4 Å². The van der Waals surface area contributed by atoms with Gasteiger partial charge in [-0.3, -0.25) is 0 Å².